The molecule has 0 radical (unpaired) electrons. The van der Waals surface area contributed by atoms with E-state index >= 15 is 0 Å². The van der Waals surface area contributed by atoms with E-state index < -0.39 is 0 Å². The van der Waals surface area contributed by atoms with Gasteiger partial charge in [-0.2, -0.15) is 4.98 Å². The van der Waals surface area contributed by atoms with Crippen LogP contribution in [0.4, 0.5) is 17.7 Å². The summed E-state index contributed by atoms with van der Waals surface area (Å²) in [5.41, 5.74) is 0. The summed E-state index contributed by atoms with van der Waals surface area (Å²) in [6, 6.07) is 3.34. The van der Waals surface area contributed by atoms with Crippen LogP contribution in [-0.4, -0.2) is 98.8 Å². The van der Waals surface area contributed by atoms with Gasteiger partial charge in [0.15, 0.2) is 0 Å². The fraction of sp³-hybridized carbons (Fsp3) is 0.600. The second-order valence-corrected chi connectivity index (χ2v) is 8.62. The van der Waals surface area contributed by atoms with Crippen LogP contribution < -0.4 is 14.7 Å². The van der Waals surface area contributed by atoms with Crippen LogP contribution in [-0.2, 0) is 14.2 Å². The third kappa shape index (κ3) is 7.14. The summed E-state index contributed by atoms with van der Waals surface area (Å²) in [5, 5.41) is 1.22. The summed E-state index contributed by atoms with van der Waals surface area (Å²) >= 11 is 17.7. The molecule has 2 aromatic rings. The molecule has 5 rings (SSSR count). The number of morpholine rings is 3. The van der Waals surface area contributed by atoms with E-state index in [2.05, 4.69) is 29.7 Å². The van der Waals surface area contributed by atoms with Crippen molar-refractivity contribution in [3.05, 3.63) is 27.6 Å². The summed E-state index contributed by atoms with van der Waals surface area (Å²) < 4.78 is 15.9. The zero-order valence-corrected chi connectivity index (χ0v) is 20.4. The van der Waals surface area contributed by atoms with E-state index in [4.69, 9.17) is 49.0 Å². The van der Waals surface area contributed by atoms with Crippen molar-refractivity contribution >= 4 is 52.5 Å². The molecule has 0 aliphatic carbocycles. The highest BCUT2D eigenvalue weighted by molar-refractivity contribution is 6.33. The summed E-state index contributed by atoms with van der Waals surface area (Å²) in [6.45, 7) is 9.11. The minimum atomic E-state index is 0.367. The van der Waals surface area contributed by atoms with Gasteiger partial charge < -0.3 is 28.9 Å². The normalized spacial score (nSPS) is 19.2. The van der Waals surface area contributed by atoms with Gasteiger partial charge in [-0.3, -0.25) is 0 Å². The van der Waals surface area contributed by atoms with Gasteiger partial charge >= 0.3 is 0 Å². The highest BCUT2D eigenvalue weighted by Crippen LogP contribution is 2.22. The third-order valence-electron chi connectivity index (χ3n) is 5.24. The topological polar surface area (TPSA) is 89.0 Å². The molecule has 0 amide bonds. The largest absolute Gasteiger partial charge is 0.378 e. The smallest absolute Gasteiger partial charge is 0.228 e. The molecule has 3 fully saturated rings. The Balaban J connectivity index is 0.000000165. The van der Waals surface area contributed by atoms with Gasteiger partial charge in [-0.15, -0.1) is 0 Å². The van der Waals surface area contributed by atoms with E-state index in [-0.39, 0.29) is 0 Å². The van der Waals surface area contributed by atoms with Crippen LogP contribution in [0.3, 0.4) is 0 Å². The highest BCUT2D eigenvalue weighted by atomic mass is 35.5. The van der Waals surface area contributed by atoms with Gasteiger partial charge in [-0.05, 0) is 0 Å². The molecule has 180 valence electrons. The summed E-state index contributed by atoms with van der Waals surface area (Å²) in [6.07, 6.45) is 0. The first-order valence-electron chi connectivity index (χ1n) is 10.8. The Bertz CT molecular complexity index is 852. The Morgan fingerprint density at radius 2 is 0.879 bits per heavy atom. The first kappa shape index (κ1) is 24.4. The quantitative estimate of drug-likeness (QED) is 0.564. The van der Waals surface area contributed by atoms with Crippen molar-refractivity contribution in [1.82, 2.24) is 19.9 Å². The number of rotatable bonds is 3. The van der Waals surface area contributed by atoms with Crippen LogP contribution in [0.15, 0.2) is 12.1 Å². The maximum Gasteiger partial charge on any atom is 0.228 e. The second kappa shape index (κ2) is 12.1. The molecule has 0 spiro atoms. The zero-order valence-electron chi connectivity index (χ0n) is 18.1. The van der Waals surface area contributed by atoms with Crippen molar-refractivity contribution in [2.24, 2.45) is 0 Å². The molecule has 0 N–H and O–H groups in total. The third-order valence-corrected chi connectivity index (χ3v) is 5.83. The van der Waals surface area contributed by atoms with Gasteiger partial charge in [-0.25, -0.2) is 15.0 Å². The molecule has 3 aliphatic heterocycles. The Morgan fingerprint density at radius 1 is 0.515 bits per heavy atom. The lowest BCUT2D eigenvalue weighted by atomic mass is 10.4. The monoisotopic (exact) mass is 517 g/mol. The molecular weight excluding hydrogens is 493 g/mol. The van der Waals surface area contributed by atoms with E-state index in [1.54, 1.807) is 0 Å². The van der Waals surface area contributed by atoms with Crippen molar-refractivity contribution in [2.45, 2.75) is 0 Å². The molecule has 5 heterocycles. The van der Waals surface area contributed by atoms with Crippen LogP contribution in [0.2, 0.25) is 15.5 Å². The number of nitrogens with zero attached hydrogens (tertiary/aromatic N) is 7. The van der Waals surface area contributed by atoms with E-state index in [1.807, 2.05) is 11.0 Å². The van der Waals surface area contributed by atoms with E-state index in [1.165, 1.54) is 6.07 Å². The summed E-state index contributed by atoms with van der Waals surface area (Å²) in [4.78, 5) is 23.4. The summed E-state index contributed by atoms with van der Waals surface area (Å²) in [5.74, 6) is 2.15. The molecule has 0 atom stereocenters. The summed E-state index contributed by atoms with van der Waals surface area (Å²) in [7, 11) is 0. The predicted molar refractivity (Wildman–Crippen MR) is 128 cm³/mol. The molecule has 33 heavy (non-hydrogen) atoms. The number of hydrogen-bond donors (Lipinski definition) is 0. The molecule has 3 saturated heterocycles. The maximum atomic E-state index is 6.12. The van der Waals surface area contributed by atoms with Gasteiger partial charge in [0.1, 0.15) is 21.3 Å². The standard InChI is InChI=1S/C12H17ClN4O2.C8H9Cl2N3O/c13-10-9-11(16-1-5-18-6-2-16)15-12(14-10)17-3-7-19-8-4-17;9-6-5-7(10)12-8(11-6)13-1-3-14-4-2-13/h9H,1-8H2;5H,1-4H2. The average molecular weight is 519 g/mol. The number of halogens is 3. The van der Waals surface area contributed by atoms with Crippen LogP contribution in [0.25, 0.3) is 0 Å². The molecule has 0 bridgehead atoms. The minimum Gasteiger partial charge on any atom is -0.378 e. The molecule has 2 aromatic heterocycles. The van der Waals surface area contributed by atoms with Crippen LogP contribution >= 0.6 is 34.8 Å². The number of ether oxygens (including phenoxy) is 3. The van der Waals surface area contributed by atoms with Crippen LogP contribution in [0, 0.1) is 0 Å². The first-order valence-corrected chi connectivity index (χ1v) is 11.9. The molecule has 13 heteroatoms. The SMILES string of the molecule is Clc1cc(Cl)nc(N2CCOCC2)n1.Clc1cc(N2CCOCC2)nc(N2CCOCC2)n1. The molecule has 3 aliphatic rings. The minimum absolute atomic E-state index is 0.367. The lowest BCUT2D eigenvalue weighted by Gasteiger charge is -2.30. The molecular formula is C20H26Cl3N7O3. The van der Waals surface area contributed by atoms with Crippen molar-refractivity contribution in [1.29, 1.82) is 0 Å². The fourth-order valence-electron chi connectivity index (χ4n) is 3.54. The Labute approximate surface area is 207 Å². The number of anilines is 3. The Kier molecular flexibility index (Phi) is 8.99. The Hall–Kier alpha value is -1.69. The first-order chi connectivity index (χ1) is 16.1. The molecule has 10 nitrogen and oxygen atoms in total. The van der Waals surface area contributed by atoms with Gasteiger partial charge in [-0.1, -0.05) is 34.8 Å². The molecule has 0 saturated carbocycles. The van der Waals surface area contributed by atoms with E-state index in [9.17, 15) is 0 Å². The van der Waals surface area contributed by atoms with Gasteiger partial charge in [0.25, 0.3) is 0 Å². The van der Waals surface area contributed by atoms with Crippen molar-refractivity contribution in [3.63, 3.8) is 0 Å². The number of aromatic nitrogens is 4. The number of hydrogen-bond acceptors (Lipinski definition) is 10. The highest BCUT2D eigenvalue weighted by Gasteiger charge is 2.19. The van der Waals surface area contributed by atoms with E-state index in [0.29, 0.717) is 53.8 Å². The lowest BCUT2D eigenvalue weighted by Crippen LogP contribution is -2.39. The maximum absolute atomic E-state index is 6.12. The lowest BCUT2D eigenvalue weighted by molar-refractivity contribution is 0.121. The van der Waals surface area contributed by atoms with Crippen molar-refractivity contribution in [2.75, 3.05) is 93.6 Å². The average Bonchev–Trinajstić information content (AvgIpc) is 2.85. The van der Waals surface area contributed by atoms with Crippen LogP contribution in [0.1, 0.15) is 0 Å². The van der Waals surface area contributed by atoms with Crippen molar-refractivity contribution < 1.29 is 14.2 Å². The van der Waals surface area contributed by atoms with Crippen LogP contribution in [0.5, 0.6) is 0 Å². The van der Waals surface area contributed by atoms with Crippen molar-refractivity contribution in [3.8, 4) is 0 Å². The Morgan fingerprint density at radius 3 is 1.33 bits per heavy atom. The molecule has 0 unspecified atom stereocenters. The van der Waals surface area contributed by atoms with Gasteiger partial charge in [0.05, 0.1) is 39.6 Å². The zero-order chi connectivity index (χ0) is 23.0. The van der Waals surface area contributed by atoms with Gasteiger partial charge in [0.2, 0.25) is 11.9 Å². The van der Waals surface area contributed by atoms with Gasteiger partial charge in [0, 0.05) is 51.4 Å². The fourth-order valence-corrected chi connectivity index (χ4v) is 4.12. The predicted octanol–water partition coefficient (Wildman–Crippen LogP) is 2.42. The van der Waals surface area contributed by atoms with E-state index in [0.717, 1.165) is 58.3 Å². The second-order valence-electron chi connectivity index (χ2n) is 7.46. The molecule has 0 aromatic carbocycles.